The number of likely N-dealkylation sites (N-methyl/N-ethyl adjacent to an activating group) is 1. The average Bonchev–Trinajstić information content (AvgIpc) is 0.771. The third-order valence-electron chi connectivity index (χ3n) is 19.8. The Bertz CT molecular complexity index is 4080. The van der Waals surface area contributed by atoms with Crippen LogP contribution in [0, 0.1) is 30.1 Å². The number of primary amides is 1. The molecule has 8 N–H and O–H groups in total. The van der Waals surface area contributed by atoms with Gasteiger partial charge in [0, 0.05) is 80.0 Å². The molecule has 4 aliphatic carbocycles. The second-order valence-electron chi connectivity index (χ2n) is 27.7. The number of benzene rings is 3. The number of hydrogen-bond acceptors (Lipinski definition) is 20. The Hall–Kier alpha value is -9.72. The second-order valence-corrected chi connectivity index (χ2v) is 28.7. The SMILES string of the molecule is Cc1c(-c2ccc(N3CCc4cccc(C(=O)Nc5nc6ccccc6s5)c4C3)nc2C(=O)O)cnn1CC12CC3CC(C1)CC(OCCOCCOCCN(C)C(=O)OCc1ccc(NC(=O)[C@H](CCCNC(N)=O)NC(=O)[C@@H](NC(=O)COCCOCCN4C(=O)C=CC4=O)C(C)C)cc1)(C3)C2. The summed E-state index contributed by atoms with van der Waals surface area (Å²) in [5.41, 5.74) is 11.3. The van der Waals surface area contributed by atoms with Crippen LogP contribution in [0.4, 0.5) is 26.2 Å². The lowest BCUT2D eigenvalue weighted by Gasteiger charge is -2.61. The summed E-state index contributed by atoms with van der Waals surface area (Å²) in [6, 6.07) is 20.9. The Morgan fingerprint density at radius 2 is 1.51 bits per heavy atom. The molecule has 104 heavy (non-hydrogen) atoms. The van der Waals surface area contributed by atoms with E-state index in [1.807, 2.05) is 71.1 Å². The molecule has 29 nitrogen and oxygen atoms in total. The Morgan fingerprint density at radius 1 is 0.788 bits per heavy atom. The van der Waals surface area contributed by atoms with Gasteiger partial charge in [0.25, 0.3) is 17.7 Å². The number of carbonyl (C=O) groups excluding carboxylic acids is 8. The largest absolute Gasteiger partial charge is 0.476 e. The standard InChI is InChI=1S/C74H91N13O16S/c1-46(2)64(82-61(88)43-101-32-31-99-28-26-86-62(89)20-21-63(86)90)68(93)79-58(12-8-23-76-70(75)96)67(92)78-52-16-14-48(15-17-52)42-102-72(97)84(4)25-27-98-29-30-100-33-34-103-74-38-49-35-50(39-74)37-73(36-49,44-74)45-87-47(3)55(40-77-87)53-18-19-60(81-65(53)69(94)95)85-24-22-51-9-7-10-54(56(51)41-85)66(91)83-71-80-57-11-5-6-13-59(57)104-71/h5-7,9-11,13-21,40,46,49-50,58,64H,8,12,22-39,41-45H2,1-4H3,(H,78,92)(H,79,93)(H,82,88)(H,94,95)(H3,75,76,96)(H,80,83,91)/t49?,50?,58-,64-,73?,74?/m0/s1. The maximum atomic E-state index is 13.8. The third-order valence-corrected chi connectivity index (χ3v) is 20.7. The number of ether oxygens (including phenoxy) is 6. The molecule has 6 aromatic rings. The molecule has 4 saturated carbocycles. The van der Waals surface area contributed by atoms with Crippen LogP contribution >= 0.6 is 11.3 Å². The molecule has 4 bridgehead atoms. The van der Waals surface area contributed by atoms with Gasteiger partial charge in [-0.25, -0.2) is 24.4 Å². The summed E-state index contributed by atoms with van der Waals surface area (Å²) in [6.45, 7) is 9.12. The van der Waals surface area contributed by atoms with Crippen molar-refractivity contribution in [3.8, 4) is 11.1 Å². The molecule has 5 heterocycles. The normalized spacial score (nSPS) is 19.2. The summed E-state index contributed by atoms with van der Waals surface area (Å²) >= 11 is 1.42. The number of thiazole rings is 1. The van der Waals surface area contributed by atoms with E-state index in [-0.39, 0.29) is 88.1 Å². The van der Waals surface area contributed by atoms with Gasteiger partial charge < -0.3 is 70.3 Å². The minimum Gasteiger partial charge on any atom is -0.476 e. The van der Waals surface area contributed by atoms with Crippen molar-refractivity contribution in [1.82, 2.24) is 45.5 Å². The lowest BCUT2D eigenvalue weighted by Crippen LogP contribution is -2.58. The number of carboxylic acid groups (broad SMARTS) is 1. The zero-order chi connectivity index (χ0) is 73.5. The molecule has 4 atom stereocenters. The van der Waals surface area contributed by atoms with Crippen LogP contribution in [-0.4, -0.2) is 199 Å². The number of hydrogen-bond donors (Lipinski definition) is 7. The molecule has 6 aliphatic rings. The van der Waals surface area contributed by atoms with Crippen LogP contribution < -0.4 is 37.2 Å². The minimum absolute atomic E-state index is 0.0239. The van der Waals surface area contributed by atoms with Crippen molar-refractivity contribution in [2.45, 2.75) is 116 Å². The minimum atomic E-state index is -1.14. The van der Waals surface area contributed by atoms with Gasteiger partial charge in [-0.15, -0.1) is 0 Å². The van der Waals surface area contributed by atoms with Gasteiger partial charge in [-0.05, 0) is 147 Å². The summed E-state index contributed by atoms with van der Waals surface area (Å²) < 4.78 is 38.0. The number of anilines is 3. The molecule has 0 radical (unpaired) electrons. The van der Waals surface area contributed by atoms with E-state index in [0.717, 1.165) is 69.6 Å². The molecule has 9 amide bonds. The van der Waals surface area contributed by atoms with Crippen molar-refractivity contribution in [1.29, 1.82) is 0 Å². The Morgan fingerprint density at radius 3 is 2.24 bits per heavy atom. The molecule has 3 aromatic carbocycles. The van der Waals surface area contributed by atoms with Crippen LogP contribution in [0.15, 0.2) is 97.2 Å². The number of rotatable bonds is 37. The molecule has 0 saturated heterocycles. The summed E-state index contributed by atoms with van der Waals surface area (Å²) in [6.07, 6.45) is 10.9. The highest BCUT2D eigenvalue weighted by Gasteiger charge is 2.58. The van der Waals surface area contributed by atoms with Crippen molar-refractivity contribution < 1.29 is 76.7 Å². The summed E-state index contributed by atoms with van der Waals surface area (Å²) in [4.78, 5) is 128. The van der Waals surface area contributed by atoms with Crippen LogP contribution in [0.1, 0.15) is 108 Å². The summed E-state index contributed by atoms with van der Waals surface area (Å²) in [5.74, 6) is -2.78. The maximum Gasteiger partial charge on any atom is 0.409 e. The van der Waals surface area contributed by atoms with Gasteiger partial charge in [-0.1, -0.05) is 61.6 Å². The first-order valence-electron chi connectivity index (χ1n) is 35.3. The molecule has 0 spiro atoms. The fourth-order valence-corrected chi connectivity index (χ4v) is 15.9. The van der Waals surface area contributed by atoms with Crippen molar-refractivity contribution in [3.63, 3.8) is 0 Å². The molecule has 554 valence electrons. The molecular weight excluding hydrogens is 1360 g/mol. The predicted octanol–water partition coefficient (Wildman–Crippen LogP) is 7.00. The number of carboxylic acids is 1. The number of nitrogens with one attached hydrogen (secondary N) is 5. The van der Waals surface area contributed by atoms with E-state index in [9.17, 15) is 48.3 Å². The van der Waals surface area contributed by atoms with Gasteiger partial charge in [-0.3, -0.25) is 43.7 Å². The molecule has 2 unspecified atom stereocenters. The van der Waals surface area contributed by atoms with E-state index in [1.54, 1.807) is 51.4 Å². The van der Waals surface area contributed by atoms with Crippen LogP contribution in [-0.2, 0) is 78.5 Å². The Balaban J connectivity index is 0.577. The van der Waals surface area contributed by atoms with E-state index in [1.165, 1.54) is 34.8 Å². The fourth-order valence-electron chi connectivity index (χ4n) is 15.1. The first-order chi connectivity index (χ1) is 50.1. The number of nitrogens with two attached hydrogens (primary N) is 1. The zero-order valence-electron chi connectivity index (χ0n) is 59.0. The third kappa shape index (κ3) is 19.4. The van der Waals surface area contributed by atoms with E-state index < -0.39 is 72.2 Å². The Kier molecular flexibility index (Phi) is 25.2. The first-order valence-corrected chi connectivity index (χ1v) is 36.1. The van der Waals surface area contributed by atoms with Crippen molar-refractivity contribution in [2.24, 2.45) is 28.9 Å². The van der Waals surface area contributed by atoms with E-state index in [0.29, 0.717) is 97.6 Å². The predicted molar refractivity (Wildman–Crippen MR) is 384 cm³/mol. The molecular formula is C74H91N13O16S. The summed E-state index contributed by atoms with van der Waals surface area (Å²) in [7, 11) is 1.61. The van der Waals surface area contributed by atoms with Crippen molar-refractivity contribution in [3.05, 3.63) is 131 Å². The van der Waals surface area contributed by atoms with Crippen LogP contribution in [0.25, 0.3) is 21.3 Å². The molecule has 30 heteroatoms. The molecule has 4 fully saturated rings. The lowest BCUT2D eigenvalue weighted by molar-refractivity contribution is -0.201. The lowest BCUT2D eigenvalue weighted by atomic mass is 9.48. The summed E-state index contributed by atoms with van der Waals surface area (Å²) in [5, 5.41) is 29.7. The number of fused-ring (bicyclic) bond motifs is 2. The van der Waals surface area contributed by atoms with Gasteiger partial charge in [-0.2, -0.15) is 5.10 Å². The van der Waals surface area contributed by atoms with E-state index in [4.69, 9.17) is 44.2 Å². The maximum absolute atomic E-state index is 13.8. The molecule has 3 aromatic heterocycles. The van der Waals surface area contributed by atoms with Gasteiger partial charge in [0.05, 0.1) is 81.4 Å². The average molecular weight is 1450 g/mol. The highest BCUT2D eigenvalue weighted by atomic mass is 32.1. The van der Waals surface area contributed by atoms with Gasteiger partial charge >= 0.3 is 18.1 Å². The zero-order valence-corrected chi connectivity index (χ0v) is 59.8. The molecule has 2 aliphatic heterocycles. The molecule has 12 rings (SSSR count). The number of aromatic carboxylic acids is 1. The van der Waals surface area contributed by atoms with Gasteiger partial charge in [0.1, 0.15) is 31.1 Å². The fraction of sp³-hybridized carbons (Fsp3) is 0.486. The number of nitrogens with zero attached hydrogens (tertiary/aromatic N) is 7. The van der Waals surface area contributed by atoms with E-state index in [2.05, 4.69) is 31.6 Å². The number of carbonyl (C=O) groups is 9. The van der Waals surface area contributed by atoms with Crippen molar-refractivity contribution in [2.75, 3.05) is 108 Å². The van der Waals surface area contributed by atoms with Gasteiger partial charge in [0.2, 0.25) is 17.7 Å². The van der Waals surface area contributed by atoms with Crippen molar-refractivity contribution >= 4 is 91.7 Å². The van der Waals surface area contributed by atoms with Crippen LogP contribution in [0.3, 0.4) is 0 Å². The second kappa shape index (κ2) is 34.7. The number of para-hydroxylation sites is 1. The topological polar surface area (TPSA) is 369 Å². The number of urea groups is 1. The van der Waals surface area contributed by atoms with Crippen LogP contribution in [0.2, 0.25) is 0 Å². The number of pyridine rings is 1. The monoisotopic (exact) mass is 1450 g/mol. The number of imide groups is 1. The first kappa shape index (κ1) is 75.4. The van der Waals surface area contributed by atoms with Gasteiger partial charge in [0.15, 0.2) is 10.8 Å². The highest BCUT2D eigenvalue weighted by Crippen LogP contribution is 2.63. The highest BCUT2D eigenvalue weighted by molar-refractivity contribution is 7.22. The quantitative estimate of drug-likeness (QED) is 0.0152. The smallest absolute Gasteiger partial charge is 0.409 e. The Labute approximate surface area is 606 Å². The number of aromatic nitrogens is 4. The van der Waals surface area contributed by atoms with E-state index >= 15 is 0 Å². The number of amides is 9. The van der Waals surface area contributed by atoms with Crippen LogP contribution in [0.5, 0.6) is 0 Å².